The number of halogens is 3. The van der Waals surface area contributed by atoms with Crippen LogP contribution in [-0.4, -0.2) is 20.8 Å². The van der Waals surface area contributed by atoms with Gasteiger partial charge in [-0.1, -0.05) is 40.9 Å². The highest BCUT2D eigenvalue weighted by Gasteiger charge is 2.18. The summed E-state index contributed by atoms with van der Waals surface area (Å²) in [5.41, 5.74) is 4.47. The van der Waals surface area contributed by atoms with E-state index in [1.54, 1.807) is 31.2 Å². The Bertz CT molecular complexity index is 1030. The van der Waals surface area contributed by atoms with Crippen LogP contribution in [0, 0.1) is 6.92 Å². The summed E-state index contributed by atoms with van der Waals surface area (Å²) in [4.78, 5) is 4.31. The predicted molar refractivity (Wildman–Crippen MR) is 109 cm³/mol. The van der Waals surface area contributed by atoms with Crippen LogP contribution in [-0.2, 0) is 21.8 Å². The van der Waals surface area contributed by atoms with Gasteiger partial charge in [0.1, 0.15) is 10.4 Å². The molecular formula is C18H15Cl3N2O3S. The summed E-state index contributed by atoms with van der Waals surface area (Å²) in [5.74, 6) is -0.223. The van der Waals surface area contributed by atoms with Gasteiger partial charge >= 0.3 is 0 Å². The smallest absolute Gasteiger partial charge is 0.210 e. The molecule has 0 saturated carbocycles. The van der Waals surface area contributed by atoms with Crippen LogP contribution in [0.4, 0.5) is 0 Å². The van der Waals surface area contributed by atoms with E-state index < -0.39 is 11.1 Å². The molecule has 1 aromatic heterocycles. The fourth-order valence-corrected chi connectivity index (χ4v) is 4.06. The van der Waals surface area contributed by atoms with Crippen molar-refractivity contribution in [1.29, 1.82) is 0 Å². The molecule has 0 aliphatic carbocycles. The highest BCUT2D eigenvalue weighted by atomic mass is 35.5. The van der Waals surface area contributed by atoms with Crippen LogP contribution in [0.2, 0.25) is 15.1 Å². The number of rotatable bonds is 6. The summed E-state index contributed by atoms with van der Waals surface area (Å²) in [6.45, 7) is 2.14. The maximum Gasteiger partial charge on any atom is 0.210 e. The topological polar surface area (TPSA) is 71.5 Å². The van der Waals surface area contributed by atoms with E-state index in [1.165, 1.54) is 6.07 Å². The molecule has 5 nitrogen and oxygen atoms in total. The van der Waals surface area contributed by atoms with Crippen molar-refractivity contribution in [2.45, 2.75) is 18.2 Å². The van der Waals surface area contributed by atoms with E-state index in [2.05, 4.69) is 10.5 Å². The van der Waals surface area contributed by atoms with Crippen LogP contribution in [0.3, 0.4) is 0 Å². The normalized spacial score (nSPS) is 12.4. The van der Waals surface area contributed by atoms with E-state index in [0.29, 0.717) is 39.1 Å². The highest BCUT2D eigenvalue weighted by molar-refractivity contribution is 7.80. The first kappa shape index (κ1) is 20.3. The average molecular weight is 446 g/mol. The molecule has 0 fully saturated rings. The van der Waals surface area contributed by atoms with Gasteiger partial charge in [0.25, 0.3) is 0 Å². The lowest BCUT2D eigenvalue weighted by Gasteiger charge is -2.10. The number of pyridine rings is 1. The van der Waals surface area contributed by atoms with Gasteiger partial charge in [-0.2, -0.15) is 9.76 Å². The molecule has 0 bridgehead atoms. The van der Waals surface area contributed by atoms with Crippen LogP contribution in [0.1, 0.15) is 11.3 Å². The third-order valence-corrected chi connectivity index (χ3v) is 5.67. The first-order valence-electron chi connectivity index (χ1n) is 7.91. The maximum atomic E-state index is 12.4. The maximum absolute atomic E-state index is 12.4. The molecule has 0 spiro atoms. The summed E-state index contributed by atoms with van der Waals surface area (Å²) in [6.07, 6.45) is 0.540. The van der Waals surface area contributed by atoms with Crippen molar-refractivity contribution >= 4 is 56.8 Å². The van der Waals surface area contributed by atoms with Crippen LogP contribution >= 0.6 is 34.8 Å². The summed E-state index contributed by atoms with van der Waals surface area (Å²) in [6, 6.07) is 10.1. The first-order chi connectivity index (χ1) is 12.9. The number of hydrogen-bond acceptors (Lipinski definition) is 5. The second-order valence-electron chi connectivity index (χ2n) is 5.75. The van der Waals surface area contributed by atoms with E-state index in [-0.39, 0.29) is 16.2 Å². The predicted octanol–water partition coefficient (Wildman–Crippen LogP) is 5.00. The summed E-state index contributed by atoms with van der Waals surface area (Å²) in [7, 11) is 0. The number of nitrogens with one attached hydrogen (secondary N) is 1. The molecule has 0 aliphatic heterocycles. The number of aromatic hydroxyl groups is 1. The Labute approximate surface area is 173 Å². The third-order valence-electron chi connectivity index (χ3n) is 3.83. The quantitative estimate of drug-likeness (QED) is 0.413. The van der Waals surface area contributed by atoms with Crippen molar-refractivity contribution in [2.24, 2.45) is 0 Å². The van der Waals surface area contributed by atoms with Crippen molar-refractivity contribution in [3.05, 3.63) is 62.7 Å². The van der Waals surface area contributed by atoms with Gasteiger partial charge in [0.2, 0.25) is 11.1 Å². The second kappa shape index (κ2) is 8.73. The van der Waals surface area contributed by atoms with Gasteiger partial charge < -0.3 is 5.11 Å². The summed E-state index contributed by atoms with van der Waals surface area (Å²) < 4.78 is 17.5. The zero-order valence-electron chi connectivity index (χ0n) is 14.1. The van der Waals surface area contributed by atoms with Crippen LogP contribution < -0.4 is 5.48 Å². The van der Waals surface area contributed by atoms with Crippen molar-refractivity contribution in [3.63, 3.8) is 0 Å². The molecule has 3 rings (SSSR count). The van der Waals surface area contributed by atoms with Gasteiger partial charge in [-0.05, 0) is 49.2 Å². The van der Waals surface area contributed by atoms with Crippen molar-refractivity contribution < 1.29 is 13.6 Å². The van der Waals surface area contributed by atoms with Gasteiger partial charge in [-0.25, -0.2) is 9.19 Å². The van der Waals surface area contributed by atoms with E-state index in [9.17, 15) is 9.32 Å². The standard InChI is InChI=1S/C18H15Cl3N2O3S/c1-10-2-5-13-15(21)9-16(18(24)17(13)23-10)27(25)26-22-7-6-11-3-4-12(19)8-14(11)20/h2-5,8-9,22,24H,6-7H2,1H3. The number of benzene rings is 2. The average Bonchev–Trinajstić information content (AvgIpc) is 2.63. The number of hydrogen-bond donors (Lipinski definition) is 2. The summed E-state index contributed by atoms with van der Waals surface area (Å²) >= 11 is 16.2. The molecule has 9 heteroatoms. The molecule has 1 unspecified atom stereocenters. The van der Waals surface area contributed by atoms with E-state index >= 15 is 0 Å². The second-order valence-corrected chi connectivity index (χ2v) is 8.08. The van der Waals surface area contributed by atoms with Gasteiger partial charge in [0.15, 0.2) is 5.75 Å². The van der Waals surface area contributed by atoms with Crippen molar-refractivity contribution in [3.8, 4) is 5.75 Å². The molecule has 2 N–H and O–H groups in total. The molecular weight excluding hydrogens is 431 g/mol. The number of phenols is 1. The molecule has 2 aromatic carbocycles. The number of fused-ring (bicyclic) bond motifs is 1. The monoisotopic (exact) mass is 444 g/mol. The van der Waals surface area contributed by atoms with Crippen LogP contribution in [0.25, 0.3) is 10.9 Å². The molecule has 3 aromatic rings. The Hall–Kier alpha value is -1.41. The molecule has 27 heavy (non-hydrogen) atoms. The fraction of sp³-hybridized carbons (Fsp3) is 0.167. The Morgan fingerprint density at radius 2 is 1.93 bits per heavy atom. The van der Waals surface area contributed by atoms with E-state index in [4.69, 9.17) is 39.1 Å². The molecule has 0 aliphatic rings. The molecule has 142 valence electrons. The lowest BCUT2D eigenvalue weighted by Crippen LogP contribution is -2.19. The zero-order valence-corrected chi connectivity index (χ0v) is 17.2. The Kier molecular flexibility index (Phi) is 6.57. The van der Waals surface area contributed by atoms with Gasteiger partial charge in [-0.3, -0.25) is 0 Å². The molecule has 1 atom stereocenters. The van der Waals surface area contributed by atoms with Gasteiger partial charge in [0, 0.05) is 27.7 Å². The molecule has 1 heterocycles. The largest absolute Gasteiger partial charge is 0.504 e. The zero-order chi connectivity index (χ0) is 19.6. The molecule has 0 amide bonds. The van der Waals surface area contributed by atoms with Gasteiger partial charge in [-0.15, -0.1) is 0 Å². The number of hydroxylamine groups is 1. The van der Waals surface area contributed by atoms with Crippen molar-refractivity contribution in [2.75, 3.05) is 6.54 Å². The number of aryl methyl sites for hydroxylation is 1. The minimum Gasteiger partial charge on any atom is -0.504 e. The number of aromatic nitrogens is 1. The SMILES string of the molecule is Cc1ccc2c(Cl)cc(S(=O)ONCCc3ccc(Cl)cc3Cl)c(O)c2n1. The first-order valence-corrected chi connectivity index (χ1v) is 10.1. The fourth-order valence-electron chi connectivity index (χ4n) is 2.49. The lowest BCUT2D eigenvalue weighted by molar-refractivity contribution is 0.222. The Morgan fingerprint density at radius 1 is 1.15 bits per heavy atom. The van der Waals surface area contributed by atoms with Crippen LogP contribution in [0.5, 0.6) is 5.75 Å². The third kappa shape index (κ3) is 4.71. The lowest BCUT2D eigenvalue weighted by atomic mass is 10.1. The molecule has 0 saturated heterocycles. The number of phenolic OH excluding ortho intramolecular Hbond substituents is 1. The van der Waals surface area contributed by atoms with E-state index in [1.807, 2.05) is 6.07 Å². The molecule has 0 radical (unpaired) electrons. The minimum atomic E-state index is -1.97. The van der Waals surface area contributed by atoms with Gasteiger partial charge in [0.05, 0.1) is 5.02 Å². The van der Waals surface area contributed by atoms with Crippen molar-refractivity contribution in [1.82, 2.24) is 10.5 Å². The van der Waals surface area contributed by atoms with E-state index in [0.717, 1.165) is 5.56 Å². The summed E-state index contributed by atoms with van der Waals surface area (Å²) in [5, 5.41) is 12.4. The Morgan fingerprint density at radius 3 is 2.67 bits per heavy atom. The highest BCUT2D eigenvalue weighted by Crippen LogP contribution is 2.35. The Balaban J connectivity index is 1.68. The van der Waals surface area contributed by atoms with Crippen LogP contribution in [0.15, 0.2) is 41.3 Å². The minimum absolute atomic E-state index is 0.0441. The number of nitrogens with zero attached hydrogens (tertiary/aromatic N) is 1.